The van der Waals surface area contributed by atoms with Crippen molar-refractivity contribution in [3.05, 3.63) is 0 Å². The summed E-state index contributed by atoms with van der Waals surface area (Å²) in [6, 6.07) is 4.56. The van der Waals surface area contributed by atoms with Gasteiger partial charge < -0.3 is 0 Å². The molecule has 0 unspecified atom stereocenters. The Morgan fingerprint density at radius 3 is 2.20 bits per heavy atom. The molecule has 0 aliphatic heterocycles. The maximum Gasteiger partial charge on any atom is 0.183 e. The lowest BCUT2D eigenvalue weighted by atomic mass is 10.3. The quantitative estimate of drug-likeness (QED) is 0.546. The molecule has 0 aliphatic carbocycles. The SMILES string of the molecule is N#CCCNC(C#N)C#N. The third kappa shape index (κ3) is 3.43. The first kappa shape index (κ1) is 8.43. The van der Waals surface area contributed by atoms with Crippen molar-refractivity contribution in [3.63, 3.8) is 0 Å². The fraction of sp³-hybridized carbons (Fsp3) is 0.500. The minimum atomic E-state index is -0.784. The first-order valence-corrected chi connectivity index (χ1v) is 2.74. The summed E-state index contributed by atoms with van der Waals surface area (Å²) in [5.74, 6) is 0. The van der Waals surface area contributed by atoms with E-state index in [1.807, 2.05) is 6.07 Å². The Kier molecular flexibility index (Phi) is 4.69. The molecule has 0 aromatic heterocycles. The third-order valence-electron chi connectivity index (χ3n) is 0.843. The minimum Gasteiger partial charge on any atom is -0.289 e. The average Bonchev–Trinajstić information content (AvgIpc) is 1.99. The van der Waals surface area contributed by atoms with E-state index in [4.69, 9.17) is 15.8 Å². The van der Waals surface area contributed by atoms with Gasteiger partial charge in [0.05, 0.1) is 18.2 Å². The highest BCUT2D eigenvalue weighted by atomic mass is 14.9. The van der Waals surface area contributed by atoms with Crippen LogP contribution in [0.25, 0.3) is 0 Å². The van der Waals surface area contributed by atoms with Gasteiger partial charge in [-0.3, -0.25) is 5.32 Å². The second kappa shape index (κ2) is 5.56. The van der Waals surface area contributed by atoms with Crippen molar-refractivity contribution in [3.8, 4) is 18.2 Å². The molecule has 4 nitrogen and oxygen atoms in total. The van der Waals surface area contributed by atoms with E-state index >= 15 is 0 Å². The lowest BCUT2D eigenvalue weighted by molar-refractivity contribution is 0.697. The monoisotopic (exact) mass is 134 g/mol. The molecule has 0 saturated heterocycles. The molecule has 0 bridgehead atoms. The Morgan fingerprint density at radius 1 is 1.20 bits per heavy atom. The van der Waals surface area contributed by atoms with Crippen LogP contribution >= 0.6 is 0 Å². The van der Waals surface area contributed by atoms with E-state index in [0.717, 1.165) is 0 Å². The summed E-state index contributed by atoms with van der Waals surface area (Å²) in [6.07, 6.45) is 0.319. The first-order chi connectivity index (χ1) is 4.85. The Bertz CT molecular complexity index is 187. The van der Waals surface area contributed by atoms with Gasteiger partial charge in [0, 0.05) is 13.0 Å². The van der Waals surface area contributed by atoms with Gasteiger partial charge in [0.15, 0.2) is 6.04 Å². The molecule has 0 aromatic carbocycles. The van der Waals surface area contributed by atoms with Crippen molar-refractivity contribution >= 4 is 0 Å². The summed E-state index contributed by atoms with van der Waals surface area (Å²) in [7, 11) is 0. The molecule has 0 fully saturated rings. The predicted octanol–water partition coefficient (Wildman–Crippen LogP) is -0.0946. The third-order valence-corrected chi connectivity index (χ3v) is 0.843. The lowest BCUT2D eigenvalue weighted by Gasteiger charge is -1.97. The van der Waals surface area contributed by atoms with Gasteiger partial charge in [-0.1, -0.05) is 0 Å². The van der Waals surface area contributed by atoms with Crippen molar-refractivity contribution in [1.82, 2.24) is 5.32 Å². The van der Waals surface area contributed by atoms with Gasteiger partial charge in [-0.25, -0.2) is 0 Å². The van der Waals surface area contributed by atoms with Gasteiger partial charge in [0.2, 0.25) is 0 Å². The summed E-state index contributed by atoms with van der Waals surface area (Å²) in [4.78, 5) is 0. The standard InChI is InChI=1S/C6H6N4/c7-2-1-3-10-6(4-8)5-9/h6,10H,1,3H2. The summed E-state index contributed by atoms with van der Waals surface area (Å²) in [5, 5.41) is 27.1. The molecule has 0 spiro atoms. The van der Waals surface area contributed by atoms with Gasteiger partial charge in [0.1, 0.15) is 0 Å². The molecule has 1 N–H and O–H groups in total. The Balaban J connectivity index is 3.43. The maximum atomic E-state index is 8.21. The molecular formula is C6H6N4. The van der Waals surface area contributed by atoms with Crippen molar-refractivity contribution in [1.29, 1.82) is 15.8 Å². The zero-order valence-corrected chi connectivity index (χ0v) is 5.33. The number of hydrogen-bond donors (Lipinski definition) is 1. The molecule has 10 heavy (non-hydrogen) atoms. The second-order valence-corrected chi connectivity index (χ2v) is 1.55. The van der Waals surface area contributed by atoms with Crippen LogP contribution in [0.15, 0.2) is 0 Å². The van der Waals surface area contributed by atoms with Crippen molar-refractivity contribution in [2.75, 3.05) is 6.54 Å². The van der Waals surface area contributed by atoms with Gasteiger partial charge in [-0.2, -0.15) is 15.8 Å². The molecule has 0 radical (unpaired) electrons. The van der Waals surface area contributed by atoms with E-state index in [1.54, 1.807) is 12.1 Å². The molecule has 0 aliphatic rings. The molecule has 0 rings (SSSR count). The summed E-state index contributed by atoms with van der Waals surface area (Å²) < 4.78 is 0. The summed E-state index contributed by atoms with van der Waals surface area (Å²) in [5.41, 5.74) is 0. The topological polar surface area (TPSA) is 83.4 Å². The highest BCUT2D eigenvalue weighted by Gasteiger charge is 2.00. The van der Waals surface area contributed by atoms with Crippen LogP contribution in [-0.2, 0) is 0 Å². The number of nitrogens with one attached hydrogen (secondary N) is 1. The minimum absolute atomic E-state index is 0.319. The van der Waals surface area contributed by atoms with Gasteiger partial charge >= 0.3 is 0 Å². The van der Waals surface area contributed by atoms with Crippen LogP contribution in [0, 0.1) is 34.0 Å². The second-order valence-electron chi connectivity index (χ2n) is 1.55. The molecule has 0 amide bonds. The molecule has 0 saturated carbocycles. The maximum absolute atomic E-state index is 8.21. The van der Waals surface area contributed by atoms with E-state index in [-0.39, 0.29) is 0 Å². The van der Waals surface area contributed by atoms with E-state index in [9.17, 15) is 0 Å². The zero-order valence-electron chi connectivity index (χ0n) is 5.33. The van der Waals surface area contributed by atoms with Gasteiger partial charge in [0.25, 0.3) is 0 Å². The smallest absolute Gasteiger partial charge is 0.183 e. The predicted molar refractivity (Wildman–Crippen MR) is 33.2 cm³/mol. The van der Waals surface area contributed by atoms with Crippen LogP contribution < -0.4 is 5.32 Å². The van der Waals surface area contributed by atoms with E-state index < -0.39 is 6.04 Å². The molecular weight excluding hydrogens is 128 g/mol. The van der Waals surface area contributed by atoms with Crippen LogP contribution in [0.4, 0.5) is 0 Å². The van der Waals surface area contributed by atoms with Crippen LogP contribution in [0.3, 0.4) is 0 Å². The highest BCUT2D eigenvalue weighted by molar-refractivity contribution is 5.05. The largest absolute Gasteiger partial charge is 0.289 e. The van der Waals surface area contributed by atoms with Gasteiger partial charge in [-0.05, 0) is 0 Å². The Morgan fingerprint density at radius 2 is 1.80 bits per heavy atom. The Labute approximate surface area is 59.3 Å². The van der Waals surface area contributed by atoms with E-state index in [2.05, 4.69) is 5.32 Å². The van der Waals surface area contributed by atoms with Crippen LogP contribution in [0.1, 0.15) is 6.42 Å². The van der Waals surface area contributed by atoms with Crippen LogP contribution in [0.5, 0.6) is 0 Å². The number of nitriles is 3. The average molecular weight is 134 g/mol. The zero-order chi connectivity index (χ0) is 7.82. The first-order valence-electron chi connectivity index (χ1n) is 2.74. The van der Waals surface area contributed by atoms with E-state index in [1.165, 1.54) is 0 Å². The molecule has 0 aromatic rings. The number of rotatable bonds is 3. The molecule has 0 heterocycles. The van der Waals surface area contributed by atoms with Crippen LogP contribution in [-0.4, -0.2) is 12.6 Å². The number of nitrogens with zero attached hydrogens (tertiary/aromatic N) is 3. The Hall–Kier alpha value is -1.57. The molecule has 0 atom stereocenters. The van der Waals surface area contributed by atoms with Crippen LogP contribution in [0.2, 0.25) is 0 Å². The molecule has 4 heteroatoms. The fourth-order valence-corrected chi connectivity index (χ4v) is 0.393. The van der Waals surface area contributed by atoms with Gasteiger partial charge in [-0.15, -0.1) is 0 Å². The summed E-state index contributed by atoms with van der Waals surface area (Å²) >= 11 is 0. The van der Waals surface area contributed by atoms with Crippen molar-refractivity contribution in [2.45, 2.75) is 12.5 Å². The number of hydrogen-bond acceptors (Lipinski definition) is 4. The fourth-order valence-electron chi connectivity index (χ4n) is 0.393. The van der Waals surface area contributed by atoms with E-state index in [0.29, 0.717) is 13.0 Å². The lowest BCUT2D eigenvalue weighted by Crippen LogP contribution is -2.26. The normalized spacial score (nSPS) is 7.80. The van der Waals surface area contributed by atoms with Crippen molar-refractivity contribution in [2.24, 2.45) is 0 Å². The van der Waals surface area contributed by atoms with Crippen molar-refractivity contribution < 1.29 is 0 Å². The highest BCUT2D eigenvalue weighted by Crippen LogP contribution is 1.77. The molecule has 50 valence electrons. The summed E-state index contributed by atoms with van der Waals surface area (Å²) in [6.45, 7) is 0.391.